The molecular formula is C14H28O3. The molecule has 3 atom stereocenters. The summed E-state index contributed by atoms with van der Waals surface area (Å²) in [6.45, 7) is 8.90. The van der Waals surface area contributed by atoms with Crippen molar-refractivity contribution in [2.24, 2.45) is 5.92 Å². The van der Waals surface area contributed by atoms with Crippen molar-refractivity contribution < 1.29 is 14.6 Å². The predicted octanol–water partition coefficient (Wildman–Crippen LogP) is 3.11. The molecule has 0 aromatic carbocycles. The van der Waals surface area contributed by atoms with Crippen molar-refractivity contribution in [3.63, 3.8) is 0 Å². The van der Waals surface area contributed by atoms with Crippen LogP contribution < -0.4 is 0 Å². The van der Waals surface area contributed by atoms with Gasteiger partial charge in [-0.05, 0) is 39.5 Å². The normalized spacial score (nSPS) is 28.1. The second-order valence-electron chi connectivity index (χ2n) is 6.08. The maximum absolute atomic E-state index is 9.64. The fourth-order valence-electron chi connectivity index (χ4n) is 2.18. The molecule has 0 aromatic heterocycles. The zero-order valence-corrected chi connectivity index (χ0v) is 11.7. The molecule has 3 nitrogen and oxygen atoms in total. The quantitative estimate of drug-likeness (QED) is 0.780. The van der Waals surface area contributed by atoms with Crippen LogP contribution in [0.4, 0.5) is 0 Å². The first-order chi connectivity index (χ1) is 7.87. The molecule has 1 N–H and O–H groups in total. The summed E-state index contributed by atoms with van der Waals surface area (Å²) in [5.74, 6) is 0.590. The summed E-state index contributed by atoms with van der Waals surface area (Å²) < 4.78 is 11.3. The molecule has 0 saturated carbocycles. The Morgan fingerprint density at radius 2 is 2.12 bits per heavy atom. The van der Waals surface area contributed by atoms with Gasteiger partial charge in [0, 0.05) is 6.42 Å². The highest BCUT2D eigenvalue weighted by atomic mass is 16.7. The standard InChI is InChI=1S/C14H28O3/c1-11(6-5-8-14(3,4)15)10-13-16-9-7-12(2)17-13/h11-13,15H,5-10H2,1-4H3. The van der Waals surface area contributed by atoms with Gasteiger partial charge in [0.15, 0.2) is 6.29 Å². The van der Waals surface area contributed by atoms with E-state index in [1.807, 2.05) is 13.8 Å². The summed E-state index contributed by atoms with van der Waals surface area (Å²) >= 11 is 0. The second-order valence-corrected chi connectivity index (χ2v) is 6.08. The van der Waals surface area contributed by atoms with Gasteiger partial charge in [0.05, 0.1) is 18.3 Å². The number of hydrogen-bond acceptors (Lipinski definition) is 3. The van der Waals surface area contributed by atoms with Crippen LogP contribution >= 0.6 is 0 Å². The highest BCUT2D eigenvalue weighted by Gasteiger charge is 2.22. The van der Waals surface area contributed by atoms with Gasteiger partial charge in [0.1, 0.15) is 0 Å². The van der Waals surface area contributed by atoms with Crippen LogP contribution in [0.15, 0.2) is 0 Å². The predicted molar refractivity (Wildman–Crippen MR) is 68.8 cm³/mol. The maximum Gasteiger partial charge on any atom is 0.158 e. The van der Waals surface area contributed by atoms with Crippen LogP contribution in [-0.2, 0) is 9.47 Å². The van der Waals surface area contributed by atoms with Gasteiger partial charge in [0.2, 0.25) is 0 Å². The van der Waals surface area contributed by atoms with E-state index in [0.717, 1.165) is 38.7 Å². The molecule has 0 aliphatic carbocycles. The molecule has 3 heteroatoms. The summed E-state index contributed by atoms with van der Waals surface area (Å²) in [6.07, 6.45) is 5.34. The van der Waals surface area contributed by atoms with Gasteiger partial charge in [-0.1, -0.05) is 19.8 Å². The van der Waals surface area contributed by atoms with Gasteiger partial charge in [-0.3, -0.25) is 0 Å². The number of ether oxygens (including phenoxy) is 2. The van der Waals surface area contributed by atoms with E-state index in [2.05, 4.69) is 13.8 Å². The minimum absolute atomic E-state index is 0.0177. The Morgan fingerprint density at radius 3 is 2.71 bits per heavy atom. The summed E-state index contributed by atoms with van der Waals surface area (Å²) in [5.41, 5.74) is -0.536. The summed E-state index contributed by atoms with van der Waals surface area (Å²) in [5, 5.41) is 9.64. The van der Waals surface area contributed by atoms with Crippen molar-refractivity contribution in [1.29, 1.82) is 0 Å². The van der Waals surface area contributed by atoms with E-state index in [1.54, 1.807) is 0 Å². The van der Waals surface area contributed by atoms with Gasteiger partial charge in [0.25, 0.3) is 0 Å². The summed E-state index contributed by atoms with van der Waals surface area (Å²) in [6, 6.07) is 0. The minimum atomic E-state index is -0.536. The third kappa shape index (κ3) is 7.02. The third-order valence-electron chi connectivity index (χ3n) is 3.29. The smallest absolute Gasteiger partial charge is 0.158 e. The van der Waals surface area contributed by atoms with E-state index in [1.165, 1.54) is 0 Å². The number of rotatable bonds is 6. The lowest BCUT2D eigenvalue weighted by atomic mass is 9.95. The van der Waals surface area contributed by atoms with Crippen LogP contribution in [-0.4, -0.2) is 29.7 Å². The van der Waals surface area contributed by atoms with E-state index in [0.29, 0.717) is 12.0 Å². The maximum atomic E-state index is 9.64. The number of hydrogen-bond donors (Lipinski definition) is 1. The second kappa shape index (κ2) is 6.72. The highest BCUT2D eigenvalue weighted by Crippen LogP contribution is 2.23. The summed E-state index contributed by atoms with van der Waals surface area (Å²) in [4.78, 5) is 0. The van der Waals surface area contributed by atoms with Crippen LogP contribution in [0.2, 0.25) is 0 Å². The van der Waals surface area contributed by atoms with E-state index in [4.69, 9.17) is 9.47 Å². The molecule has 1 aliphatic heterocycles. The fraction of sp³-hybridized carbons (Fsp3) is 1.00. The highest BCUT2D eigenvalue weighted by molar-refractivity contribution is 4.67. The van der Waals surface area contributed by atoms with Crippen molar-refractivity contribution in [3.05, 3.63) is 0 Å². The molecular weight excluding hydrogens is 216 g/mol. The molecule has 0 aromatic rings. The Labute approximate surface area is 105 Å². The van der Waals surface area contributed by atoms with Crippen molar-refractivity contribution in [2.45, 2.75) is 77.8 Å². The van der Waals surface area contributed by atoms with Gasteiger partial charge in [-0.15, -0.1) is 0 Å². The summed E-state index contributed by atoms with van der Waals surface area (Å²) in [7, 11) is 0. The molecule has 0 amide bonds. The average Bonchev–Trinajstić information content (AvgIpc) is 2.15. The van der Waals surface area contributed by atoms with Crippen molar-refractivity contribution in [2.75, 3.05) is 6.61 Å². The fourth-order valence-corrected chi connectivity index (χ4v) is 2.18. The van der Waals surface area contributed by atoms with Gasteiger partial charge in [-0.25, -0.2) is 0 Å². The monoisotopic (exact) mass is 244 g/mol. The third-order valence-corrected chi connectivity index (χ3v) is 3.29. The molecule has 1 heterocycles. The molecule has 0 spiro atoms. The van der Waals surface area contributed by atoms with Crippen molar-refractivity contribution in [3.8, 4) is 0 Å². The van der Waals surface area contributed by atoms with E-state index >= 15 is 0 Å². The number of aliphatic hydroxyl groups is 1. The van der Waals surface area contributed by atoms with E-state index in [-0.39, 0.29) is 6.29 Å². The first kappa shape index (κ1) is 14.9. The average molecular weight is 244 g/mol. The zero-order chi connectivity index (χ0) is 12.9. The van der Waals surface area contributed by atoms with E-state index in [9.17, 15) is 5.11 Å². The van der Waals surface area contributed by atoms with E-state index < -0.39 is 5.60 Å². The minimum Gasteiger partial charge on any atom is -0.390 e. The Balaban J connectivity index is 2.13. The molecule has 3 unspecified atom stereocenters. The topological polar surface area (TPSA) is 38.7 Å². The Bertz CT molecular complexity index is 210. The first-order valence-electron chi connectivity index (χ1n) is 6.86. The molecule has 102 valence electrons. The van der Waals surface area contributed by atoms with Crippen LogP contribution in [0, 0.1) is 5.92 Å². The Morgan fingerprint density at radius 1 is 1.41 bits per heavy atom. The lowest BCUT2D eigenvalue weighted by Gasteiger charge is -2.30. The molecule has 0 radical (unpaired) electrons. The SMILES string of the molecule is CC(CCCC(C)(C)O)CC1OCCC(C)O1. The molecule has 1 saturated heterocycles. The van der Waals surface area contributed by atoms with Gasteiger partial charge in [-0.2, -0.15) is 0 Å². The van der Waals surface area contributed by atoms with Gasteiger partial charge >= 0.3 is 0 Å². The lowest BCUT2D eigenvalue weighted by Crippen LogP contribution is -2.31. The van der Waals surface area contributed by atoms with Gasteiger partial charge < -0.3 is 14.6 Å². The molecule has 1 fully saturated rings. The Kier molecular flexibility index (Phi) is 5.90. The molecule has 1 aliphatic rings. The zero-order valence-electron chi connectivity index (χ0n) is 11.7. The Hall–Kier alpha value is -0.120. The van der Waals surface area contributed by atoms with Crippen molar-refractivity contribution in [1.82, 2.24) is 0 Å². The largest absolute Gasteiger partial charge is 0.390 e. The van der Waals surface area contributed by atoms with Crippen LogP contribution in [0.1, 0.15) is 59.8 Å². The van der Waals surface area contributed by atoms with Crippen LogP contribution in [0.25, 0.3) is 0 Å². The molecule has 0 bridgehead atoms. The molecule has 17 heavy (non-hydrogen) atoms. The first-order valence-corrected chi connectivity index (χ1v) is 6.86. The van der Waals surface area contributed by atoms with Crippen molar-refractivity contribution >= 4 is 0 Å². The molecule has 1 rings (SSSR count). The lowest BCUT2D eigenvalue weighted by molar-refractivity contribution is -0.214. The van der Waals surface area contributed by atoms with Crippen LogP contribution in [0.3, 0.4) is 0 Å². The van der Waals surface area contributed by atoms with Crippen LogP contribution in [0.5, 0.6) is 0 Å².